The maximum atomic E-state index is 14.0. The van der Waals surface area contributed by atoms with Gasteiger partial charge in [-0.2, -0.15) is 5.10 Å². The van der Waals surface area contributed by atoms with Crippen LogP contribution in [0.25, 0.3) is 0 Å². The zero-order chi connectivity index (χ0) is 33.2. The predicted octanol–water partition coefficient (Wildman–Crippen LogP) is 4.54. The van der Waals surface area contributed by atoms with Crippen LogP contribution < -0.4 is 35.0 Å². The Balaban J connectivity index is 1.39. The number of methoxy groups -OCH3 is 2. The van der Waals surface area contributed by atoms with Gasteiger partial charge in [0.05, 0.1) is 42.2 Å². The Kier molecular flexibility index (Phi) is 12.0. The summed E-state index contributed by atoms with van der Waals surface area (Å²) in [6.45, 7) is 3.59. The number of aliphatic hydroxyl groups is 1. The van der Waals surface area contributed by atoms with Crippen molar-refractivity contribution >= 4 is 40.8 Å². The number of hydrazone groups is 1. The number of amides is 2. The van der Waals surface area contributed by atoms with Crippen LogP contribution in [0.1, 0.15) is 36.6 Å². The minimum Gasteiger partial charge on any atom is -0.493 e. The summed E-state index contributed by atoms with van der Waals surface area (Å²) in [5.41, 5.74) is 4.90. The summed E-state index contributed by atoms with van der Waals surface area (Å²) in [5, 5.41) is 19.9. The molecule has 14 heteroatoms. The molecule has 0 spiro atoms. The van der Waals surface area contributed by atoms with Gasteiger partial charge in [0.2, 0.25) is 0 Å². The summed E-state index contributed by atoms with van der Waals surface area (Å²) in [5.74, 6) is 0.657. The van der Waals surface area contributed by atoms with E-state index in [1.54, 1.807) is 62.4 Å². The maximum Gasteiger partial charge on any atom is 0.337 e. The summed E-state index contributed by atoms with van der Waals surface area (Å²) in [6.07, 6.45) is 0.311. The van der Waals surface area contributed by atoms with Gasteiger partial charge in [0.15, 0.2) is 29.2 Å². The van der Waals surface area contributed by atoms with Crippen LogP contribution in [-0.4, -0.2) is 57.0 Å². The van der Waals surface area contributed by atoms with Crippen molar-refractivity contribution in [1.29, 1.82) is 0 Å². The number of carbonyl (C=O) groups is 2. The van der Waals surface area contributed by atoms with Crippen molar-refractivity contribution in [3.8, 4) is 23.0 Å². The van der Waals surface area contributed by atoms with Gasteiger partial charge in [-0.15, -0.1) is 0 Å². The third kappa shape index (κ3) is 8.57. The van der Waals surface area contributed by atoms with Crippen LogP contribution >= 0.6 is 22.6 Å². The molecule has 0 radical (unpaired) electrons. The number of nitrogens with one attached hydrogen (secondary N) is 3. The molecule has 0 aromatic heterocycles. The highest BCUT2D eigenvalue weighted by Crippen LogP contribution is 2.36. The Bertz CT molecular complexity index is 1630. The fourth-order valence-corrected chi connectivity index (χ4v) is 5.32. The van der Waals surface area contributed by atoms with Crippen LogP contribution in [0.15, 0.2) is 71.0 Å². The average Bonchev–Trinajstić information content (AvgIpc) is 3.03. The Labute approximate surface area is 279 Å². The standard InChI is InChI=1S/C32H34FIN4O8/c1-5-44-25-14-20(29-28(31(40)43-4)18(2)36-32(41)37-29)10-11-24(25)45-17-27(39)38-35-15-19-12-23(34)30(26(13-19)42-3)46-16-21-8-6-7-9-22(21)33/h6-15,27,29,38-39H,5,16-17H2,1-4H3,(H2,36,37,41)/b35-15-/t27-,29-/m1/s1. The van der Waals surface area contributed by atoms with Crippen molar-refractivity contribution in [2.75, 3.05) is 27.4 Å². The van der Waals surface area contributed by atoms with Crippen molar-refractivity contribution in [2.24, 2.45) is 5.10 Å². The van der Waals surface area contributed by atoms with Crippen molar-refractivity contribution in [1.82, 2.24) is 16.1 Å². The second kappa shape index (κ2) is 16.1. The first kappa shape index (κ1) is 34.3. The van der Waals surface area contributed by atoms with E-state index in [-0.39, 0.29) is 24.6 Å². The van der Waals surface area contributed by atoms with Gasteiger partial charge in [0.1, 0.15) is 19.0 Å². The zero-order valence-corrected chi connectivity index (χ0v) is 27.7. The molecule has 244 valence electrons. The van der Waals surface area contributed by atoms with Crippen LogP contribution in [0.2, 0.25) is 0 Å². The maximum absolute atomic E-state index is 14.0. The molecule has 0 saturated heterocycles. The molecule has 1 aliphatic heterocycles. The van der Waals surface area contributed by atoms with E-state index in [1.165, 1.54) is 26.5 Å². The SMILES string of the molecule is CCOc1cc([C@H]2NC(=O)NC(C)=C2C(=O)OC)ccc1OC[C@@H](O)N/N=C\c1cc(I)c(OCc2ccccc2F)c(OC)c1. The van der Waals surface area contributed by atoms with Crippen molar-refractivity contribution < 1.29 is 42.8 Å². The zero-order valence-electron chi connectivity index (χ0n) is 25.6. The number of urea groups is 1. The summed E-state index contributed by atoms with van der Waals surface area (Å²) in [6, 6.07) is 13.6. The lowest BCUT2D eigenvalue weighted by Gasteiger charge is -2.28. The molecule has 2 amide bonds. The first-order chi connectivity index (χ1) is 22.1. The number of allylic oxidation sites excluding steroid dienone is 1. The Hall–Kier alpha value is -4.57. The summed E-state index contributed by atoms with van der Waals surface area (Å²) in [7, 11) is 2.77. The molecule has 0 saturated carbocycles. The third-order valence-corrected chi connectivity index (χ3v) is 7.49. The van der Waals surface area contributed by atoms with Crippen molar-refractivity contribution in [2.45, 2.75) is 32.7 Å². The number of hydrogen-bond donors (Lipinski definition) is 4. The number of carbonyl (C=O) groups excluding carboxylic acids is 2. The molecular weight excluding hydrogens is 714 g/mol. The van der Waals surface area contributed by atoms with E-state index in [1.807, 2.05) is 0 Å². The fraction of sp³-hybridized carbons (Fsp3) is 0.281. The number of esters is 1. The molecule has 3 aromatic carbocycles. The van der Waals surface area contributed by atoms with Crippen LogP contribution in [-0.2, 0) is 16.1 Å². The van der Waals surface area contributed by atoms with Crippen molar-refractivity contribution in [3.05, 3.63) is 91.9 Å². The van der Waals surface area contributed by atoms with Gasteiger partial charge in [0.25, 0.3) is 0 Å². The number of hydrogen-bond acceptors (Lipinski definition) is 10. The Morgan fingerprint density at radius 1 is 1.11 bits per heavy atom. The highest BCUT2D eigenvalue weighted by atomic mass is 127. The largest absolute Gasteiger partial charge is 0.493 e. The second-order valence-corrected chi connectivity index (χ2v) is 11.0. The fourth-order valence-electron chi connectivity index (χ4n) is 4.54. The molecule has 3 aromatic rings. The molecule has 4 rings (SSSR count). The Morgan fingerprint density at radius 2 is 1.89 bits per heavy atom. The molecule has 0 unspecified atom stereocenters. The molecule has 0 bridgehead atoms. The first-order valence-electron chi connectivity index (χ1n) is 14.1. The van der Waals surface area contributed by atoms with Gasteiger partial charge in [-0.05, 0) is 77.9 Å². The van der Waals surface area contributed by atoms with Gasteiger partial charge >= 0.3 is 12.0 Å². The average molecular weight is 749 g/mol. The number of aliphatic hydroxyl groups excluding tert-OH is 1. The minimum absolute atomic E-state index is 0.0355. The minimum atomic E-state index is -1.19. The van der Waals surface area contributed by atoms with Crippen molar-refractivity contribution in [3.63, 3.8) is 0 Å². The molecule has 4 N–H and O–H groups in total. The van der Waals surface area contributed by atoms with E-state index in [0.717, 1.165) is 3.57 Å². The quantitative estimate of drug-likeness (QED) is 0.0614. The van der Waals surface area contributed by atoms with Crippen LogP contribution in [0, 0.1) is 9.39 Å². The number of ether oxygens (including phenoxy) is 5. The number of benzene rings is 3. The van der Waals surface area contributed by atoms with Gasteiger partial charge in [-0.3, -0.25) is 5.43 Å². The summed E-state index contributed by atoms with van der Waals surface area (Å²) >= 11 is 2.09. The highest BCUT2D eigenvalue weighted by Gasteiger charge is 2.32. The molecule has 46 heavy (non-hydrogen) atoms. The Morgan fingerprint density at radius 3 is 2.61 bits per heavy atom. The molecular formula is C32H34FIN4O8. The molecule has 0 aliphatic carbocycles. The summed E-state index contributed by atoms with van der Waals surface area (Å²) < 4.78 is 42.5. The van der Waals surface area contributed by atoms with E-state index in [0.29, 0.717) is 52.0 Å². The monoisotopic (exact) mass is 748 g/mol. The number of halogens is 2. The van der Waals surface area contributed by atoms with Crippen LogP contribution in [0.3, 0.4) is 0 Å². The number of rotatable bonds is 14. The van der Waals surface area contributed by atoms with Gasteiger partial charge in [-0.25, -0.2) is 14.0 Å². The van der Waals surface area contributed by atoms with E-state index in [4.69, 9.17) is 23.7 Å². The lowest BCUT2D eigenvalue weighted by atomic mass is 9.95. The van der Waals surface area contributed by atoms with E-state index >= 15 is 0 Å². The van der Waals surface area contributed by atoms with Gasteiger partial charge < -0.3 is 39.4 Å². The topological polar surface area (TPSA) is 149 Å². The van der Waals surface area contributed by atoms with Gasteiger partial charge in [0, 0.05) is 11.3 Å². The summed E-state index contributed by atoms with van der Waals surface area (Å²) in [4.78, 5) is 24.6. The predicted molar refractivity (Wildman–Crippen MR) is 175 cm³/mol. The molecule has 0 fully saturated rings. The van der Waals surface area contributed by atoms with E-state index < -0.39 is 24.3 Å². The van der Waals surface area contributed by atoms with E-state index in [9.17, 15) is 19.1 Å². The van der Waals surface area contributed by atoms with Crippen LogP contribution in [0.5, 0.6) is 23.0 Å². The van der Waals surface area contributed by atoms with Gasteiger partial charge in [-0.1, -0.05) is 24.3 Å². The normalized spacial score (nSPS) is 15.1. The molecule has 12 nitrogen and oxygen atoms in total. The highest BCUT2D eigenvalue weighted by molar-refractivity contribution is 14.1. The molecule has 1 heterocycles. The molecule has 2 atom stereocenters. The van der Waals surface area contributed by atoms with E-state index in [2.05, 4.69) is 43.8 Å². The first-order valence-corrected chi connectivity index (χ1v) is 15.2. The smallest absolute Gasteiger partial charge is 0.337 e. The van der Waals surface area contributed by atoms with Crippen LogP contribution in [0.4, 0.5) is 9.18 Å². The third-order valence-electron chi connectivity index (χ3n) is 6.69. The lowest BCUT2D eigenvalue weighted by molar-refractivity contribution is -0.136. The molecule has 1 aliphatic rings. The second-order valence-electron chi connectivity index (χ2n) is 9.83. The number of nitrogens with zero attached hydrogens (tertiary/aromatic N) is 1. The lowest BCUT2D eigenvalue weighted by Crippen LogP contribution is -2.45.